The smallest absolute Gasteiger partial charge is 0.0466 e. The Balaban J connectivity index is 3.89. The number of hydrogen-bond acceptors (Lipinski definition) is 1. The summed E-state index contributed by atoms with van der Waals surface area (Å²) in [6, 6.07) is 0. The van der Waals surface area contributed by atoms with E-state index in [1.54, 1.807) is 0 Å². The second kappa shape index (κ2) is 20.7. The third-order valence-corrected chi connectivity index (χ3v) is 6.32. The van der Waals surface area contributed by atoms with Crippen molar-refractivity contribution in [3.8, 4) is 0 Å². The summed E-state index contributed by atoms with van der Waals surface area (Å²) in [6.07, 6.45) is 26.7. The Labute approximate surface area is 173 Å². The predicted octanol–water partition coefficient (Wildman–Crippen LogP) is 9.48. The SMILES string of the molecule is CCCCOCCCCCCCCCC(CCCC)(CCCC)CCCC. The summed E-state index contributed by atoms with van der Waals surface area (Å²) >= 11 is 0. The Hall–Kier alpha value is -0.0400. The Morgan fingerprint density at radius 3 is 1.26 bits per heavy atom. The van der Waals surface area contributed by atoms with Crippen molar-refractivity contribution in [3.63, 3.8) is 0 Å². The van der Waals surface area contributed by atoms with Gasteiger partial charge in [-0.15, -0.1) is 0 Å². The minimum absolute atomic E-state index is 0.678. The van der Waals surface area contributed by atoms with Crippen LogP contribution in [-0.4, -0.2) is 13.2 Å². The predicted molar refractivity (Wildman–Crippen MR) is 124 cm³/mol. The molecule has 0 radical (unpaired) electrons. The largest absolute Gasteiger partial charge is 0.381 e. The molecule has 0 unspecified atom stereocenters. The van der Waals surface area contributed by atoms with Crippen LogP contribution in [0, 0.1) is 5.41 Å². The van der Waals surface area contributed by atoms with E-state index < -0.39 is 0 Å². The summed E-state index contributed by atoms with van der Waals surface area (Å²) in [7, 11) is 0. The molecule has 0 saturated heterocycles. The zero-order chi connectivity index (χ0) is 20.1. The molecule has 0 rings (SSSR count). The van der Waals surface area contributed by atoms with E-state index in [1.165, 1.54) is 122 Å². The Bertz CT molecular complexity index is 252. The van der Waals surface area contributed by atoms with E-state index in [0.717, 1.165) is 13.2 Å². The molecule has 0 aromatic heterocycles. The Morgan fingerprint density at radius 1 is 0.407 bits per heavy atom. The number of unbranched alkanes of at least 4 members (excludes halogenated alkanes) is 10. The summed E-state index contributed by atoms with van der Waals surface area (Å²) in [5, 5.41) is 0. The zero-order valence-corrected chi connectivity index (χ0v) is 19.8. The molecule has 0 aromatic rings. The molecule has 27 heavy (non-hydrogen) atoms. The first kappa shape index (κ1) is 27.0. The van der Waals surface area contributed by atoms with Crippen LogP contribution in [0.15, 0.2) is 0 Å². The van der Waals surface area contributed by atoms with Gasteiger partial charge in [0, 0.05) is 13.2 Å². The van der Waals surface area contributed by atoms with E-state index in [2.05, 4.69) is 27.7 Å². The lowest BCUT2D eigenvalue weighted by Crippen LogP contribution is -2.21. The van der Waals surface area contributed by atoms with Gasteiger partial charge in [0.1, 0.15) is 0 Å². The maximum absolute atomic E-state index is 5.65. The van der Waals surface area contributed by atoms with Gasteiger partial charge in [-0.25, -0.2) is 0 Å². The van der Waals surface area contributed by atoms with Crippen molar-refractivity contribution in [1.29, 1.82) is 0 Å². The molecule has 0 aliphatic heterocycles. The molecule has 0 aliphatic rings. The van der Waals surface area contributed by atoms with Crippen molar-refractivity contribution in [1.82, 2.24) is 0 Å². The van der Waals surface area contributed by atoms with Crippen LogP contribution in [0.2, 0.25) is 0 Å². The zero-order valence-electron chi connectivity index (χ0n) is 19.8. The average molecular weight is 383 g/mol. The van der Waals surface area contributed by atoms with Crippen molar-refractivity contribution in [3.05, 3.63) is 0 Å². The molecule has 0 aliphatic carbocycles. The lowest BCUT2D eigenvalue weighted by Gasteiger charge is -2.35. The fourth-order valence-electron chi connectivity index (χ4n) is 4.34. The van der Waals surface area contributed by atoms with Gasteiger partial charge in [-0.1, -0.05) is 111 Å². The summed E-state index contributed by atoms with van der Waals surface area (Å²) in [4.78, 5) is 0. The van der Waals surface area contributed by atoms with Crippen LogP contribution in [0.1, 0.15) is 150 Å². The van der Waals surface area contributed by atoms with E-state index in [9.17, 15) is 0 Å². The lowest BCUT2D eigenvalue weighted by molar-refractivity contribution is 0.127. The third kappa shape index (κ3) is 16.6. The van der Waals surface area contributed by atoms with Gasteiger partial charge in [0.25, 0.3) is 0 Å². The molecule has 164 valence electrons. The van der Waals surface area contributed by atoms with Crippen molar-refractivity contribution >= 4 is 0 Å². The number of ether oxygens (including phenoxy) is 1. The van der Waals surface area contributed by atoms with E-state index in [1.807, 2.05) is 0 Å². The van der Waals surface area contributed by atoms with Gasteiger partial charge in [-0.05, 0) is 43.9 Å². The molecule has 0 heterocycles. The first-order valence-corrected chi connectivity index (χ1v) is 12.8. The highest BCUT2D eigenvalue weighted by Gasteiger charge is 2.27. The van der Waals surface area contributed by atoms with Gasteiger partial charge >= 0.3 is 0 Å². The second-order valence-electron chi connectivity index (χ2n) is 9.00. The Morgan fingerprint density at radius 2 is 0.778 bits per heavy atom. The van der Waals surface area contributed by atoms with Gasteiger partial charge in [0.15, 0.2) is 0 Å². The van der Waals surface area contributed by atoms with E-state index in [0.29, 0.717) is 5.41 Å². The molecule has 0 N–H and O–H groups in total. The van der Waals surface area contributed by atoms with Crippen LogP contribution in [-0.2, 0) is 4.74 Å². The fourth-order valence-corrected chi connectivity index (χ4v) is 4.34. The quantitative estimate of drug-likeness (QED) is 0.169. The molecule has 0 amide bonds. The standard InChI is InChI=1S/C26H54O/c1-5-9-20-26(21-10-6-2,22-11-7-3)23-18-16-14-13-15-17-19-25-27-24-12-8-4/h5-25H2,1-4H3. The monoisotopic (exact) mass is 382 g/mol. The molecule has 0 aromatic carbocycles. The van der Waals surface area contributed by atoms with E-state index in [4.69, 9.17) is 4.74 Å². The first-order valence-electron chi connectivity index (χ1n) is 12.8. The van der Waals surface area contributed by atoms with Gasteiger partial charge in [-0.3, -0.25) is 0 Å². The average Bonchev–Trinajstić information content (AvgIpc) is 2.69. The molecule has 0 spiro atoms. The molecule has 1 heteroatoms. The maximum atomic E-state index is 5.65. The number of rotatable bonds is 22. The van der Waals surface area contributed by atoms with Crippen molar-refractivity contribution in [2.45, 2.75) is 150 Å². The molecule has 0 fully saturated rings. The minimum atomic E-state index is 0.678. The molecule has 1 nitrogen and oxygen atoms in total. The van der Waals surface area contributed by atoms with Crippen LogP contribution >= 0.6 is 0 Å². The third-order valence-electron chi connectivity index (χ3n) is 6.32. The summed E-state index contributed by atoms with van der Waals surface area (Å²) in [5.41, 5.74) is 0.678. The molecule has 0 bridgehead atoms. The Kier molecular flexibility index (Phi) is 20.7. The van der Waals surface area contributed by atoms with Crippen LogP contribution in [0.25, 0.3) is 0 Å². The topological polar surface area (TPSA) is 9.23 Å². The van der Waals surface area contributed by atoms with Gasteiger partial charge < -0.3 is 4.74 Å². The lowest BCUT2D eigenvalue weighted by atomic mass is 9.71. The molecule has 0 saturated carbocycles. The van der Waals surface area contributed by atoms with E-state index >= 15 is 0 Å². The van der Waals surface area contributed by atoms with Gasteiger partial charge in [0.2, 0.25) is 0 Å². The molecule has 0 atom stereocenters. The van der Waals surface area contributed by atoms with E-state index in [-0.39, 0.29) is 0 Å². The van der Waals surface area contributed by atoms with Crippen molar-refractivity contribution in [2.24, 2.45) is 5.41 Å². The van der Waals surface area contributed by atoms with Crippen molar-refractivity contribution < 1.29 is 4.74 Å². The summed E-state index contributed by atoms with van der Waals surface area (Å²) in [6.45, 7) is 11.3. The highest BCUT2D eigenvalue weighted by atomic mass is 16.5. The van der Waals surface area contributed by atoms with Gasteiger partial charge in [0.05, 0.1) is 0 Å². The molecular weight excluding hydrogens is 328 g/mol. The van der Waals surface area contributed by atoms with Crippen LogP contribution in [0.3, 0.4) is 0 Å². The second-order valence-corrected chi connectivity index (χ2v) is 9.00. The fraction of sp³-hybridized carbons (Fsp3) is 1.00. The summed E-state index contributed by atoms with van der Waals surface area (Å²) < 4.78 is 5.65. The number of hydrogen-bond donors (Lipinski definition) is 0. The van der Waals surface area contributed by atoms with Crippen molar-refractivity contribution in [2.75, 3.05) is 13.2 Å². The maximum Gasteiger partial charge on any atom is 0.0466 e. The van der Waals surface area contributed by atoms with Crippen LogP contribution in [0.5, 0.6) is 0 Å². The summed E-state index contributed by atoms with van der Waals surface area (Å²) in [5.74, 6) is 0. The minimum Gasteiger partial charge on any atom is -0.381 e. The highest BCUT2D eigenvalue weighted by Crippen LogP contribution is 2.41. The van der Waals surface area contributed by atoms with Gasteiger partial charge in [-0.2, -0.15) is 0 Å². The first-order chi connectivity index (χ1) is 13.2. The van der Waals surface area contributed by atoms with Crippen LogP contribution < -0.4 is 0 Å². The normalized spacial score (nSPS) is 12.0. The van der Waals surface area contributed by atoms with Crippen LogP contribution in [0.4, 0.5) is 0 Å². The molecular formula is C26H54O. The highest BCUT2D eigenvalue weighted by molar-refractivity contribution is 4.79.